The second-order valence-corrected chi connectivity index (χ2v) is 5.42. The average Bonchev–Trinajstić information content (AvgIpc) is 2.99. The van der Waals surface area contributed by atoms with Gasteiger partial charge in [-0.2, -0.15) is 0 Å². The highest BCUT2D eigenvalue weighted by molar-refractivity contribution is 5.91. The molecule has 0 unspecified atom stereocenters. The molecule has 0 aliphatic heterocycles. The Kier molecular flexibility index (Phi) is 9.72. The minimum atomic E-state index is -0.106. The summed E-state index contributed by atoms with van der Waals surface area (Å²) in [5.41, 5.74) is 0. The molecule has 0 saturated carbocycles. The SMILES string of the molecule is CCCCCCCCCCCCNC(=O)c1ccco1. The molecular formula is C17H29NO2. The van der Waals surface area contributed by atoms with E-state index < -0.39 is 0 Å². The van der Waals surface area contributed by atoms with Gasteiger partial charge in [-0.15, -0.1) is 0 Å². The standard InChI is InChI=1S/C17H29NO2/c1-2-3-4-5-6-7-8-9-10-11-14-18-17(19)16-13-12-15-20-16/h12-13,15H,2-11,14H2,1H3,(H,18,19). The third-order valence-corrected chi connectivity index (χ3v) is 3.56. The first-order valence-corrected chi connectivity index (χ1v) is 8.16. The number of unbranched alkanes of at least 4 members (excludes halogenated alkanes) is 9. The lowest BCUT2D eigenvalue weighted by Gasteiger charge is -2.04. The van der Waals surface area contributed by atoms with E-state index in [-0.39, 0.29) is 5.91 Å². The Bertz CT molecular complexity index is 333. The summed E-state index contributed by atoms with van der Waals surface area (Å²) in [6.45, 7) is 3.00. The van der Waals surface area contributed by atoms with E-state index in [0.29, 0.717) is 5.76 Å². The molecule has 0 radical (unpaired) electrons. The molecular weight excluding hydrogens is 250 g/mol. The van der Waals surface area contributed by atoms with Crippen LogP contribution in [0.3, 0.4) is 0 Å². The van der Waals surface area contributed by atoms with E-state index in [4.69, 9.17) is 4.42 Å². The lowest BCUT2D eigenvalue weighted by molar-refractivity contribution is 0.0925. The number of rotatable bonds is 12. The van der Waals surface area contributed by atoms with Gasteiger partial charge in [0.1, 0.15) is 0 Å². The molecule has 0 fully saturated rings. The van der Waals surface area contributed by atoms with Crippen LogP contribution in [0.15, 0.2) is 22.8 Å². The van der Waals surface area contributed by atoms with Gasteiger partial charge in [-0.1, -0.05) is 64.7 Å². The largest absolute Gasteiger partial charge is 0.459 e. The predicted octanol–water partition coefficient (Wildman–Crippen LogP) is 4.93. The number of amides is 1. The van der Waals surface area contributed by atoms with Crippen LogP contribution in [0.25, 0.3) is 0 Å². The molecule has 0 atom stereocenters. The van der Waals surface area contributed by atoms with Gasteiger partial charge in [0.25, 0.3) is 5.91 Å². The zero-order valence-electron chi connectivity index (χ0n) is 12.8. The van der Waals surface area contributed by atoms with Crippen molar-refractivity contribution in [3.05, 3.63) is 24.2 Å². The van der Waals surface area contributed by atoms with Crippen LogP contribution in [0.1, 0.15) is 81.7 Å². The maximum atomic E-state index is 11.6. The molecule has 114 valence electrons. The first-order valence-electron chi connectivity index (χ1n) is 8.16. The second kappa shape index (κ2) is 11.6. The molecule has 1 aromatic heterocycles. The molecule has 0 bridgehead atoms. The predicted molar refractivity (Wildman–Crippen MR) is 82.9 cm³/mol. The summed E-state index contributed by atoms with van der Waals surface area (Å²) in [6, 6.07) is 3.42. The first kappa shape index (κ1) is 16.8. The number of hydrogen-bond acceptors (Lipinski definition) is 2. The molecule has 0 aliphatic carbocycles. The normalized spacial score (nSPS) is 10.7. The average molecular weight is 279 g/mol. The third kappa shape index (κ3) is 8.03. The van der Waals surface area contributed by atoms with Gasteiger partial charge in [0.2, 0.25) is 0 Å². The summed E-state index contributed by atoms with van der Waals surface area (Å²) in [5, 5.41) is 2.88. The topological polar surface area (TPSA) is 42.2 Å². The van der Waals surface area contributed by atoms with Crippen LogP contribution in [0.4, 0.5) is 0 Å². The van der Waals surface area contributed by atoms with E-state index in [9.17, 15) is 4.79 Å². The Morgan fingerprint density at radius 1 is 1.00 bits per heavy atom. The van der Waals surface area contributed by atoms with E-state index in [1.807, 2.05) is 0 Å². The fourth-order valence-corrected chi connectivity index (χ4v) is 2.31. The molecule has 0 aromatic carbocycles. The van der Waals surface area contributed by atoms with Crippen LogP contribution < -0.4 is 5.32 Å². The number of furan rings is 1. The summed E-state index contributed by atoms with van der Waals surface area (Å²) in [5.74, 6) is 0.294. The van der Waals surface area contributed by atoms with Crippen LogP contribution in [-0.4, -0.2) is 12.5 Å². The highest BCUT2D eigenvalue weighted by Gasteiger charge is 2.06. The molecule has 1 heterocycles. The number of carbonyl (C=O) groups is 1. The molecule has 1 N–H and O–H groups in total. The van der Waals surface area contributed by atoms with Crippen molar-refractivity contribution >= 4 is 5.91 Å². The third-order valence-electron chi connectivity index (χ3n) is 3.56. The van der Waals surface area contributed by atoms with E-state index in [1.165, 1.54) is 64.1 Å². The fraction of sp³-hybridized carbons (Fsp3) is 0.706. The van der Waals surface area contributed by atoms with Gasteiger partial charge >= 0.3 is 0 Å². The van der Waals surface area contributed by atoms with Crippen LogP contribution in [-0.2, 0) is 0 Å². The van der Waals surface area contributed by atoms with Crippen LogP contribution in [0, 0.1) is 0 Å². The van der Waals surface area contributed by atoms with Crippen molar-refractivity contribution in [1.82, 2.24) is 5.32 Å². The first-order chi connectivity index (χ1) is 9.84. The van der Waals surface area contributed by atoms with Crippen LogP contribution >= 0.6 is 0 Å². The van der Waals surface area contributed by atoms with E-state index >= 15 is 0 Å². The Hall–Kier alpha value is -1.25. The van der Waals surface area contributed by atoms with Gasteiger partial charge in [0.05, 0.1) is 6.26 Å². The van der Waals surface area contributed by atoms with Crippen molar-refractivity contribution in [1.29, 1.82) is 0 Å². The zero-order chi connectivity index (χ0) is 14.5. The van der Waals surface area contributed by atoms with Crippen LogP contribution in [0.5, 0.6) is 0 Å². The monoisotopic (exact) mass is 279 g/mol. The van der Waals surface area contributed by atoms with Gasteiger partial charge in [0.15, 0.2) is 5.76 Å². The molecule has 1 aromatic rings. The van der Waals surface area contributed by atoms with Crippen LogP contribution in [0.2, 0.25) is 0 Å². The van der Waals surface area contributed by atoms with Crippen molar-refractivity contribution < 1.29 is 9.21 Å². The molecule has 3 heteroatoms. The summed E-state index contributed by atoms with van der Waals surface area (Å²) >= 11 is 0. The Morgan fingerprint density at radius 3 is 2.15 bits per heavy atom. The maximum Gasteiger partial charge on any atom is 0.286 e. The number of hydrogen-bond donors (Lipinski definition) is 1. The molecule has 3 nitrogen and oxygen atoms in total. The zero-order valence-corrected chi connectivity index (χ0v) is 12.8. The van der Waals surface area contributed by atoms with Crippen molar-refractivity contribution in [3.63, 3.8) is 0 Å². The van der Waals surface area contributed by atoms with Gasteiger partial charge in [-0.05, 0) is 18.6 Å². The molecule has 0 spiro atoms. The summed E-state index contributed by atoms with van der Waals surface area (Å²) < 4.78 is 5.03. The summed E-state index contributed by atoms with van der Waals surface area (Å²) in [4.78, 5) is 11.6. The quantitative estimate of drug-likeness (QED) is 0.551. The molecule has 1 amide bonds. The molecule has 1 rings (SSSR count). The van der Waals surface area contributed by atoms with Crippen molar-refractivity contribution in [2.75, 3.05) is 6.54 Å². The Balaban J connectivity index is 1.82. The minimum Gasteiger partial charge on any atom is -0.459 e. The highest BCUT2D eigenvalue weighted by atomic mass is 16.3. The van der Waals surface area contributed by atoms with Gasteiger partial charge in [0, 0.05) is 6.54 Å². The Morgan fingerprint density at radius 2 is 1.60 bits per heavy atom. The maximum absolute atomic E-state index is 11.6. The lowest BCUT2D eigenvalue weighted by Crippen LogP contribution is -2.23. The van der Waals surface area contributed by atoms with Gasteiger partial charge < -0.3 is 9.73 Å². The second-order valence-electron chi connectivity index (χ2n) is 5.42. The van der Waals surface area contributed by atoms with E-state index in [1.54, 1.807) is 12.1 Å². The van der Waals surface area contributed by atoms with Crippen molar-refractivity contribution in [2.45, 2.75) is 71.1 Å². The minimum absolute atomic E-state index is 0.106. The molecule has 0 aliphatic rings. The van der Waals surface area contributed by atoms with Crippen molar-refractivity contribution in [3.8, 4) is 0 Å². The molecule has 20 heavy (non-hydrogen) atoms. The number of nitrogens with one attached hydrogen (secondary N) is 1. The van der Waals surface area contributed by atoms with E-state index in [2.05, 4.69) is 12.2 Å². The fourth-order valence-electron chi connectivity index (χ4n) is 2.31. The summed E-state index contributed by atoms with van der Waals surface area (Å²) in [7, 11) is 0. The lowest BCUT2D eigenvalue weighted by atomic mass is 10.1. The smallest absolute Gasteiger partial charge is 0.286 e. The summed E-state index contributed by atoms with van der Waals surface area (Å²) in [6.07, 6.45) is 14.6. The molecule has 0 saturated heterocycles. The van der Waals surface area contributed by atoms with Crippen molar-refractivity contribution in [2.24, 2.45) is 0 Å². The Labute approximate surface area is 123 Å². The number of carbonyl (C=O) groups excluding carboxylic acids is 1. The van der Waals surface area contributed by atoms with Gasteiger partial charge in [-0.3, -0.25) is 4.79 Å². The highest BCUT2D eigenvalue weighted by Crippen LogP contribution is 2.10. The van der Waals surface area contributed by atoms with E-state index in [0.717, 1.165) is 13.0 Å². The van der Waals surface area contributed by atoms with Gasteiger partial charge in [-0.25, -0.2) is 0 Å².